The largest absolute Gasteiger partial charge is 0.493 e. The van der Waals surface area contributed by atoms with Crippen LogP contribution in [0.4, 0.5) is 0 Å². The fourth-order valence-electron chi connectivity index (χ4n) is 2.03. The summed E-state index contributed by atoms with van der Waals surface area (Å²) < 4.78 is 10.9. The number of amides is 1. The Hall–Kier alpha value is -2.82. The van der Waals surface area contributed by atoms with Gasteiger partial charge in [-0.3, -0.25) is 9.59 Å². The van der Waals surface area contributed by atoms with Gasteiger partial charge < -0.3 is 15.2 Å². The molecule has 5 nitrogen and oxygen atoms in total. The topological polar surface area (TPSA) is 78.6 Å². The molecule has 1 atom stereocenters. The minimum atomic E-state index is -0.932. The number of carbonyl (C=O) groups excluding carboxylic acids is 2. The van der Waals surface area contributed by atoms with E-state index in [4.69, 9.17) is 15.2 Å². The third-order valence-electron chi connectivity index (χ3n) is 3.18. The molecular weight excluding hydrogens is 282 g/mol. The van der Waals surface area contributed by atoms with Crippen molar-refractivity contribution in [1.29, 1.82) is 0 Å². The van der Waals surface area contributed by atoms with Crippen molar-refractivity contribution < 1.29 is 19.1 Å². The second-order valence-corrected chi connectivity index (χ2v) is 4.73. The van der Waals surface area contributed by atoms with E-state index in [1.807, 2.05) is 6.07 Å². The molecule has 0 aromatic heterocycles. The van der Waals surface area contributed by atoms with Crippen LogP contribution in [0.1, 0.15) is 28.9 Å². The molecule has 0 fully saturated rings. The highest BCUT2D eigenvalue weighted by molar-refractivity contribution is 5.94. The summed E-state index contributed by atoms with van der Waals surface area (Å²) in [6.45, 7) is 1.46. The van der Waals surface area contributed by atoms with E-state index >= 15 is 0 Å². The molecule has 2 aromatic rings. The summed E-state index contributed by atoms with van der Waals surface area (Å²) in [6.07, 6.45) is -0.932. The van der Waals surface area contributed by atoms with Crippen LogP contribution in [0, 0.1) is 0 Å². The maximum Gasteiger partial charge on any atom is 0.263 e. The molecule has 0 saturated heterocycles. The molecule has 22 heavy (non-hydrogen) atoms. The molecule has 2 N–H and O–H groups in total. The van der Waals surface area contributed by atoms with Crippen molar-refractivity contribution in [3.63, 3.8) is 0 Å². The first-order chi connectivity index (χ1) is 10.5. The minimum absolute atomic E-state index is 0.0839. The Bertz CT molecular complexity index is 682. The van der Waals surface area contributed by atoms with Gasteiger partial charge in [-0.15, -0.1) is 0 Å². The van der Waals surface area contributed by atoms with Gasteiger partial charge >= 0.3 is 0 Å². The molecular formula is C17H17NO4. The van der Waals surface area contributed by atoms with Gasteiger partial charge in [0, 0.05) is 11.1 Å². The SMILES string of the molecule is COc1cc(C(C)=O)ccc1OC(C(N)=O)c1ccccc1. The maximum atomic E-state index is 11.7. The fraction of sp³-hybridized carbons (Fsp3) is 0.176. The number of rotatable bonds is 6. The molecule has 0 radical (unpaired) electrons. The molecule has 0 aliphatic rings. The Kier molecular flexibility index (Phi) is 4.78. The summed E-state index contributed by atoms with van der Waals surface area (Å²) in [5, 5.41) is 0. The van der Waals surface area contributed by atoms with Gasteiger partial charge in [0.05, 0.1) is 7.11 Å². The van der Waals surface area contributed by atoms with Crippen molar-refractivity contribution >= 4 is 11.7 Å². The standard InChI is InChI=1S/C17H17NO4/c1-11(19)13-8-9-14(15(10-13)21-2)22-16(17(18)20)12-6-4-3-5-7-12/h3-10,16H,1-2H3,(H2,18,20). The number of hydrogen-bond acceptors (Lipinski definition) is 4. The first-order valence-corrected chi connectivity index (χ1v) is 6.73. The van der Waals surface area contributed by atoms with Crippen molar-refractivity contribution in [1.82, 2.24) is 0 Å². The summed E-state index contributed by atoms with van der Waals surface area (Å²) in [5.74, 6) is 0.0262. The van der Waals surface area contributed by atoms with Gasteiger partial charge in [-0.2, -0.15) is 0 Å². The highest BCUT2D eigenvalue weighted by Gasteiger charge is 2.21. The normalized spacial score (nSPS) is 11.5. The van der Waals surface area contributed by atoms with Crippen molar-refractivity contribution in [2.24, 2.45) is 5.73 Å². The van der Waals surface area contributed by atoms with E-state index in [9.17, 15) is 9.59 Å². The average Bonchev–Trinajstić information content (AvgIpc) is 2.52. The van der Waals surface area contributed by atoms with Crippen molar-refractivity contribution in [3.05, 3.63) is 59.7 Å². The van der Waals surface area contributed by atoms with E-state index in [-0.39, 0.29) is 5.78 Å². The first kappa shape index (κ1) is 15.6. The third-order valence-corrected chi connectivity index (χ3v) is 3.18. The molecule has 0 spiro atoms. The Morgan fingerprint density at radius 1 is 1.05 bits per heavy atom. The monoisotopic (exact) mass is 299 g/mol. The number of benzene rings is 2. The Labute approximate surface area is 128 Å². The van der Waals surface area contributed by atoms with Gasteiger partial charge in [0.25, 0.3) is 5.91 Å². The molecule has 0 heterocycles. The van der Waals surface area contributed by atoms with Gasteiger partial charge in [0.1, 0.15) is 0 Å². The number of Topliss-reactive ketones (excluding diaryl/α,β-unsaturated/α-hetero) is 1. The Morgan fingerprint density at radius 3 is 2.27 bits per heavy atom. The van der Waals surface area contributed by atoms with Crippen LogP contribution >= 0.6 is 0 Å². The number of carbonyl (C=O) groups is 2. The molecule has 0 bridgehead atoms. The molecule has 2 rings (SSSR count). The summed E-state index contributed by atoms with van der Waals surface area (Å²) in [4.78, 5) is 23.1. The van der Waals surface area contributed by atoms with E-state index in [1.165, 1.54) is 14.0 Å². The Morgan fingerprint density at radius 2 is 1.73 bits per heavy atom. The van der Waals surface area contributed by atoms with Gasteiger partial charge in [0.2, 0.25) is 6.10 Å². The molecule has 0 saturated carbocycles. The zero-order valence-corrected chi connectivity index (χ0v) is 12.4. The lowest BCUT2D eigenvalue weighted by molar-refractivity contribution is -0.125. The van der Waals surface area contributed by atoms with E-state index in [2.05, 4.69) is 0 Å². The Balaban J connectivity index is 2.35. The lowest BCUT2D eigenvalue weighted by Crippen LogP contribution is -2.26. The van der Waals surface area contributed by atoms with Gasteiger partial charge in [-0.25, -0.2) is 0 Å². The second kappa shape index (κ2) is 6.76. The zero-order valence-electron chi connectivity index (χ0n) is 12.4. The first-order valence-electron chi connectivity index (χ1n) is 6.73. The van der Waals surface area contributed by atoms with Crippen molar-refractivity contribution in [2.45, 2.75) is 13.0 Å². The van der Waals surface area contributed by atoms with Gasteiger partial charge in [0.15, 0.2) is 17.3 Å². The highest BCUT2D eigenvalue weighted by Crippen LogP contribution is 2.32. The predicted molar refractivity (Wildman–Crippen MR) is 82.0 cm³/mol. The molecule has 1 unspecified atom stereocenters. The van der Waals surface area contributed by atoms with Crippen LogP contribution in [-0.2, 0) is 4.79 Å². The van der Waals surface area contributed by atoms with Crippen molar-refractivity contribution in [3.8, 4) is 11.5 Å². The van der Waals surface area contributed by atoms with Gasteiger partial charge in [-0.1, -0.05) is 30.3 Å². The number of hydrogen-bond donors (Lipinski definition) is 1. The van der Waals surface area contributed by atoms with E-state index in [1.54, 1.807) is 42.5 Å². The van der Waals surface area contributed by atoms with Crippen LogP contribution in [0.25, 0.3) is 0 Å². The molecule has 5 heteroatoms. The highest BCUT2D eigenvalue weighted by atomic mass is 16.5. The van der Waals surface area contributed by atoms with Crippen molar-refractivity contribution in [2.75, 3.05) is 7.11 Å². The lowest BCUT2D eigenvalue weighted by atomic mass is 10.1. The molecule has 2 aromatic carbocycles. The van der Waals surface area contributed by atoms with E-state index < -0.39 is 12.0 Å². The number of nitrogens with two attached hydrogens (primary N) is 1. The zero-order chi connectivity index (χ0) is 16.1. The quantitative estimate of drug-likeness (QED) is 0.831. The van der Waals surface area contributed by atoms with Gasteiger partial charge in [-0.05, 0) is 25.1 Å². The maximum absolute atomic E-state index is 11.7. The van der Waals surface area contributed by atoms with Crippen LogP contribution in [0.3, 0.4) is 0 Å². The summed E-state index contributed by atoms with van der Waals surface area (Å²) >= 11 is 0. The smallest absolute Gasteiger partial charge is 0.263 e. The molecule has 0 aliphatic carbocycles. The van der Waals surface area contributed by atoms with Crippen LogP contribution < -0.4 is 15.2 Å². The number of primary amides is 1. The van der Waals surface area contributed by atoms with Crippen LogP contribution in [-0.4, -0.2) is 18.8 Å². The average molecular weight is 299 g/mol. The predicted octanol–water partition coefficient (Wildman–Crippen LogP) is 2.50. The number of ether oxygens (including phenoxy) is 2. The number of methoxy groups -OCH3 is 1. The summed E-state index contributed by atoms with van der Waals surface area (Å²) in [6, 6.07) is 13.7. The molecule has 0 aliphatic heterocycles. The van der Waals surface area contributed by atoms with E-state index in [0.717, 1.165) is 0 Å². The summed E-state index contributed by atoms with van der Waals surface area (Å²) in [7, 11) is 1.47. The summed E-state index contributed by atoms with van der Waals surface area (Å²) in [5.41, 5.74) is 6.57. The minimum Gasteiger partial charge on any atom is -0.493 e. The van der Waals surface area contributed by atoms with Crippen LogP contribution in [0.15, 0.2) is 48.5 Å². The van der Waals surface area contributed by atoms with E-state index in [0.29, 0.717) is 22.6 Å². The molecule has 1 amide bonds. The fourth-order valence-corrected chi connectivity index (χ4v) is 2.03. The lowest BCUT2D eigenvalue weighted by Gasteiger charge is -2.18. The second-order valence-electron chi connectivity index (χ2n) is 4.73. The molecule has 114 valence electrons. The van der Waals surface area contributed by atoms with Crippen LogP contribution in [0.5, 0.6) is 11.5 Å². The third kappa shape index (κ3) is 3.44. The van der Waals surface area contributed by atoms with Crippen LogP contribution in [0.2, 0.25) is 0 Å². The number of ketones is 1.